The molecule has 7 heteroatoms. The number of fused-ring (bicyclic) bond motifs is 18. The van der Waals surface area contributed by atoms with Crippen LogP contribution in [-0.2, 0) is 0 Å². The summed E-state index contributed by atoms with van der Waals surface area (Å²) in [5.41, 5.74) is 11.6. The Kier molecular flexibility index (Phi) is 9.05. The standard InChI is InChI=1S/C68H36N4S3/c69-37-53-59(40-18-6-2-7-19-40)61(71-55-36-42(39-16-4-1-5-17-39)28-29-43(55)47-30-33-50-44-22-10-13-25-56(44)73-66(50)63(47)71)54(38-70)62(60(53)41-20-8-3-9-21-41)72-64-48(31-34-51-45-23-11-14-26-57(45)74-67(51)64)49-32-35-52-46-24-12-15-27-58(46)75-68(52)65(49)72/h1-36H. The number of nitrogens with zero attached hydrogens (tertiary/aromatic N) is 4. The van der Waals surface area contributed by atoms with Crippen LogP contribution in [0.5, 0.6) is 0 Å². The SMILES string of the molecule is N#Cc1c(-c2ccccc2)c(-n2c3cc(-c4ccccc4)ccc3c3ccc4c5ccccc5sc4c32)c(C#N)c(-n2c3c(ccc4c5ccccc5sc43)c3ccc4c5ccccc5sc4c32)c1-c1ccccc1. The van der Waals surface area contributed by atoms with Crippen molar-refractivity contribution >= 4 is 138 Å². The van der Waals surface area contributed by atoms with E-state index in [1.165, 1.54) is 30.3 Å². The molecule has 0 radical (unpaired) electrons. The summed E-state index contributed by atoms with van der Waals surface area (Å²) in [5.74, 6) is 0. The molecule has 0 spiro atoms. The topological polar surface area (TPSA) is 57.4 Å². The number of rotatable bonds is 5. The van der Waals surface area contributed by atoms with Gasteiger partial charge in [0, 0.05) is 79.1 Å². The Bertz CT molecular complexity index is 5070. The predicted molar refractivity (Wildman–Crippen MR) is 320 cm³/mol. The third-order valence-corrected chi connectivity index (χ3v) is 19.0. The second kappa shape index (κ2) is 16.1. The molecule has 4 nitrogen and oxygen atoms in total. The van der Waals surface area contributed by atoms with E-state index in [2.05, 4.69) is 203 Å². The van der Waals surface area contributed by atoms with E-state index in [9.17, 15) is 10.5 Å². The maximum Gasteiger partial charge on any atom is 0.104 e. The molecule has 0 amide bonds. The predicted octanol–water partition coefficient (Wildman–Crippen LogP) is 19.7. The summed E-state index contributed by atoms with van der Waals surface area (Å²) >= 11 is 5.36. The lowest BCUT2D eigenvalue weighted by atomic mass is 9.86. The van der Waals surface area contributed by atoms with Crippen LogP contribution < -0.4 is 0 Å². The Balaban J connectivity index is 1.21. The fourth-order valence-corrected chi connectivity index (χ4v) is 16.0. The van der Waals surface area contributed by atoms with Gasteiger partial charge in [0.2, 0.25) is 0 Å². The molecule has 0 atom stereocenters. The van der Waals surface area contributed by atoms with Crippen LogP contribution in [0.15, 0.2) is 218 Å². The van der Waals surface area contributed by atoms with Crippen molar-refractivity contribution in [2.75, 3.05) is 0 Å². The smallest absolute Gasteiger partial charge is 0.104 e. The summed E-state index contributed by atoms with van der Waals surface area (Å²) in [5, 5.41) is 36.4. The summed E-state index contributed by atoms with van der Waals surface area (Å²) < 4.78 is 11.7. The Morgan fingerprint density at radius 2 is 0.653 bits per heavy atom. The van der Waals surface area contributed by atoms with Crippen LogP contribution in [0.1, 0.15) is 11.1 Å². The maximum absolute atomic E-state index is 12.8. The molecule has 11 aromatic carbocycles. The first-order valence-electron chi connectivity index (χ1n) is 24.9. The van der Waals surface area contributed by atoms with E-state index in [-0.39, 0.29) is 0 Å². The molecule has 75 heavy (non-hydrogen) atoms. The number of nitriles is 2. The Labute approximate surface area is 441 Å². The van der Waals surface area contributed by atoms with Gasteiger partial charge in [-0.25, -0.2) is 0 Å². The molecule has 16 rings (SSSR count). The van der Waals surface area contributed by atoms with Crippen molar-refractivity contribution in [3.63, 3.8) is 0 Å². The Morgan fingerprint density at radius 1 is 0.293 bits per heavy atom. The van der Waals surface area contributed by atoms with Gasteiger partial charge >= 0.3 is 0 Å². The van der Waals surface area contributed by atoms with Gasteiger partial charge in [0.05, 0.1) is 53.1 Å². The number of thiophene rings is 3. The summed E-state index contributed by atoms with van der Waals surface area (Å²) in [6, 6.07) is 83.4. The molecule has 5 aromatic heterocycles. The van der Waals surface area contributed by atoms with Crippen LogP contribution in [0.25, 0.3) is 149 Å². The molecule has 346 valence electrons. The lowest BCUT2D eigenvalue weighted by molar-refractivity contribution is 1.12. The van der Waals surface area contributed by atoms with Gasteiger partial charge in [-0.05, 0) is 46.5 Å². The second-order valence-corrected chi connectivity index (χ2v) is 22.4. The number of aromatic nitrogens is 2. The lowest BCUT2D eigenvalue weighted by Gasteiger charge is -2.25. The highest BCUT2D eigenvalue weighted by molar-refractivity contribution is 7.27. The normalized spacial score (nSPS) is 12.0. The van der Waals surface area contributed by atoms with Crippen molar-refractivity contribution in [2.45, 2.75) is 0 Å². The van der Waals surface area contributed by atoms with Crippen molar-refractivity contribution in [1.29, 1.82) is 10.5 Å². The monoisotopic (exact) mass is 1000 g/mol. The maximum atomic E-state index is 12.8. The number of hydrogen-bond donors (Lipinski definition) is 0. The lowest BCUT2D eigenvalue weighted by Crippen LogP contribution is -2.11. The number of benzene rings is 11. The van der Waals surface area contributed by atoms with Crippen LogP contribution in [0.3, 0.4) is 0 Å². The quantitative estimate of drug-likeness (QED) is 0.172. The van der Waals surface area contributed by atoms with Gasteiger partial charge < -0.3 is 9.13 Å². The third kappa shape index (κ3) is 5.89. The number of hydrogen-bond acceptors (Lipinski definition) is 5. The molecule has 0 fully saturated rings. The fourth-order valence-electron chi connectivity index (χ4n) is 12.2. The summed E-state index contributed by atoms with van der Waals surface area (Å²) in [6.45, 7) is 0. The second-order valence-electron chi connectivity index (χ2n) is 19.2. The molecule has 0 aliphatic carbocycles. The van der Waals surface area contributed by atoms with Crippen molar-refractivity contribution in [1.82, 2.24) is 9.13 Å². The highest BCUT2D eigenvalue weighted by Gasteiger charge is 2.33. The van der Waals surface area contributed by atoms with Gasteiger partial charge in [0.15, 0.2) is 0 Å². The molecule has 0 aliphatic rings. The Hall–Kier alpha value is -9.34. The average Bonchev–Trinajstić information content (AvgIpc) is 4.40. The summed E-state index contributed by atoms with van der Waals surface area (Å²) in [6.07, 6.45) is 0. The third-order valence-electron chi connectivity index (χ3n) is 15.4. The van der Waals surface area contributed by atoms with E-state index in [4.69, 9.17) is 0 Å². The summed E-state index contributed by atoms with van der Waals surface area (Å²) in [4.78, 5) is 0. The van der Waals surface area contributed by atoms with E-state index in [0.29, 0.717) is 33.6 Å². The van der Waals surface area contributed by atoms with Gasteiger partial charge in [-0.3, -0.25) is 0 Å². The molecular weight excluding hydrogens is 969 g/mol. The van der Waals surface area contributed by atoms with Crippen molar-refractivity contribution in [2.24, 2.45) is 0 Å². The fraction of sp³-hybridized carbons (Fsp3) is 0. The molecule has 16 aromatic rings. The first-order valence-corrected chi connectivity index (χ1v) is 27.4. The van der Waals surface area contributed by atoms with E-state index >= 15 is 0 Å². The van der Waals surface area contributed by atoms with Crippen LogP contribution in [0.2, 0.25) is 0 Å². The molecule has 0 unspecified atom stereocenters. The Morgan fingerprint density at radius 3 is 1.11 bits per heavy atom. The van der Waals surface area contributed by atoms with Crippen molar-refractivity contribution in [3.05, 3.63) is 230 Å². The van der Waals surface area contributed by atoms with Gasteiger partial charge in [-0.1, -0.05) is 194 Å². The highest BCUT2D eigenvalue weighted by atomic mass is 32.1. The average molecular weight is 1010 g/mol. The van der Waals surface area contributed by atoms with E-state index in [1.54, 1.807) is 34.0 Å². The van der Waals surface area contributed by atoms with Crippen LogP contribution in [-0.4, -0.2) is 9.13 Å². The molecule has 0 N–H and O–H groups in total. The van der Waals surface area contributed by atoms with Crippen molar-refractivity contribution < 1.29 is 0 Å². The molecule has 0 aliphatic heterocycles. The largest absolute Gasteiger partial charge is 0.306 e. The van der Waals surface area contributed by atoms with E-state index in [1.807, 2.05) is 36.4 Å². The molecule has 0 saturated carbocycles. The van der Waals surface area contributed by atoms with Gasteiger partial charge in [0.25, 0.3) is 0 Å². The van der Waals surface area contributed by atoms with Crippen molar-refractivity contribution in [3.8, 4) is 56.9 Å². The van der Waals surface area contributed by atoms with Crippen LogP contribution >= 0.6 is 34.0 Å². The minimum absolute atomic E-state index is 0.476. The van der Waals surface area contributed by atoms with Crippen LogP contribution in [0, 0.1) is 22.7 Å². The highest BCUT2D eigenvalue weighted by Crippen LogP contribution is 2.53. The minimum Gasteiger partial charge on any atom is -0.306 e. The summed E-state index contributed by atoms with van der Waals surface area (Å²) in [7, 11) is 0. The zero-order valence-corrected chi connectivity index (χ0v) is 42.2. The van der Waals surface area contributed by atoms with Gasteiger partial charge in [-0.2, -0.15) is 10.5 Å². The molecule has 0 bridgehead atoms. The van der Waals surface area contributed by atoms with Gasteiger partial charge in [0.1, 0.15) is 17.7 Å². The first kappa shape index (κ1) is 42.2. The van der Waals surface area contributed by atoms with Crippen LogP contribution in [0.4, 0.5) is 0 Å². The van der Waals surface area contributed by atoms with E-state index < -0.39 is 0 Å². The van der Waals surface area contributed by atoms with E-state index in [0.717, 1.165) is 96.1 Å². The molecular formula is C68H36N4S3. The molecule has 0 saturated heterocycles. The first-order chi connectivity index (χ1) is 37.2. The zero-order chi connectivity index (χ0) is 49.5. The molecule has 5 heterocycles. The van der Waals surface area contributed by atoms with Gasteiger partial charge in [-0.15, -0.1) is 34.0 Å². The zero-order valence-electron chi connectivity index (χ0n) is 39.8. The minimum atomic E-state index is 0.476.